The Labute approximate surface area is 93.6 Å². The molecule has 2 heteroatoms. The van der Waals surface area contributed by atoms with Gasteiger partial charge in [0.25, 0.3) is 0 Å². The van der Waals surface area contributed by atoms with E-state index in [4.69, 9.17) is 0 Å². The SMILES string of the molecule is C[Si](C)(C)c1cc[c]([Sn]([CH3])([CH3])[CH3])cc1. The van der Waals surface area contributed by atoms with Crippen LogP contribution in [0.25, 0.3) is 0 Å². The van der Waals surface area contributed by atoms with Crippen LogP contribution in [0.2, 0.25) is 34.5 Å². The van der Waals surface area contributed by atoms with Crippen LogP contribution >= 0.6 is 0 Å². The number of hydrogen-bond acceptors (Lipinski definition) is 0. The average Bonchev–Trinajstić information content (AvgIpc) is 2.01. The molecule has 0 N–H and O–H groups in total. The quantitative estimate of drug-likeness (QED) is 0.737. The van der Waals surface area contributed by atoms with Crippen molar-refractivity contribution in [3.05, 3.63) is 24.3 Å². The summed E-state index contributed by atoms with van der Waals surface area (Å²) in [6, 6.07) is 9.49. The van der Waals surface area contributed by atoms with Crippen molar-refractivity contribution in [2.24, 2.45) is 0 Å². The monoisotopic (exact) mass is 314 g/mol. The minimum atomic E-state index is -1.80. The fourth-order valence-electron chi connectivity index (χ4n) is 1.47. The second kappa shape index (κ2) is 4.01. The molecule has 0 aliphatic rings. The average molecular weight is 313 g/mol. The van der Waals surface area contributed by atoms with Crippen LogP contribution < -0.4 is 8.77 Å². The van der Waals surface area contributed by atoms with Crippen molar-refractivity contribution in [2.45, 2.75) is 34.5 Å². The zero-order valence-electron chi connectivity index (χ0n) is 10.3. The summed E-state index contributed by atoms with van der Waals surface area (Å²) < 4.78 is 1.64. The van der Waals surface area contributed by atoms with Gasteiger partial charge in [0.2, 0.25) is 0 Å². The molecule has 0 aromatic heterocycles. The van der Waals surface area contributed by atoms with Gasteiger partial charge in [-0.25, -0.2) is 0 Å². The van der Waals surface area contributed by atoms with Crippen LogP contribution in [0.15, 0.2) is 24.3 Å². The molecule has 0 spiro atoms. The van der Waals surface area contributed by atoms with Crippen molar-refractivity contribution >= 4 is 35.2 Å². The van der Waals surface area contributed by atoms with Crippen LogP contribution in [-0.4, -0.2) is 26.5 Å². The van der Waals surface area contributed by atoms with Crippen LogP contribution in [-0.2, 0) is 0 Å². The van der Waals surface area contributed by atoms with E-state index in [0.717, 1.165) is 0 Å². The Morgan fingerprint density at radius 2 is 1.29 bits per heavy atom. The summed E-state index contributed by atoms with van der Waals surface area (Å²) in [6.07, 6.45) is 0. The molecule has 78 valence electrons. The standard InChI is InChI=1S/C9H13Si.3CH3.Sn/c1-10(2,3)9-7-5-4-6-8-9;;;;/h5-8H,1-3H3;3*1H3;. The van der Waals surface area contributed by atoms with Gasteiger partial charge in [-0.3, -0.25) is 0 Å². The van der Waals surface area contributed by atoms with Crippen LogP contribution in [0, 0.1) is 0 Å². The Kier molecular flexibility index (Phi) is 3.52. The van der Waals surface area contributed by atoms with E-state index in [-0.39, 0.29) is 0 Å². The Hall–Kier alpha value is 0.236. The first-order chi connectivity index (χ1) is 6.21. The second-order valence-electron chi connectivity index (χ2n) is 6.08. The molecule has 0 aliphatic carbocycles. The van der Waals surface area contributed by atoms with Crippen LogP contribution in [0.5, 0.6) is 0 Å². The van der Waals surface area contributed by atoms with Gasteiger partial charge in [-0.05, 0) is 0 Å². The molecule has 0 unspecified atom stereocenters. The topological polar surface area (TPSA) is 0 Å². The van der Waals surface area contributed by atoms with E-state index in [0.29, 0.717) is 0 Å². The summed E-state index contributed by atoms with van der Waals surface area (Å²) in [5.74, 6) is 0. The molecule has 1 rings (SSSR count). The van der Waals surface area contributed by atoms with Crippen molar-refractivity contribution in [3.8, 4) is 0 Å². The van der Waals surface area contributed by atoms with Crippen molar-refractivity contribution in [2.75, 3.05) is 0 Å². The molecule has 1 aromatic rings. The molecule has 0 bridgehead atoms. The van der Waals surface area contributed by atoms with Crippen LogP contribution in [0.4, 0.5) is 0 Å². The molecule has 0 nitrogen and oxygen atoms in total. The summed E-state index contributed by atoms with van der Waals surface area (Å²) in [4.78, 5) is 7.41. The molecule has 0 fully saturated rings. The molecule has 0 heterocycles. The van der Waals surface area contributed by atoms with E-state index < -0.39 is 26.5 Å². The minimum absolute atomic E-state index is 1.09. The van der Waals surface area contributed by atoms with E-state index in [1.54, 1.807) is 8.77 Å². The van der Waals surface area contributed by atoms with Gasteiger partial charge in [-0.1, -0.05) is 0 Å². The van der Waals surface area contributed by atoms with Gasteiger partial charge >= 0.3 is 93.9 Å². The Morgan fingerprint density at radius 3 is 1.57 bits per heavy atom. The second-order valence-corrected chi connectivity index (χ2v) is 25.6. The number of benzene rings is 1. The summed E-state index contributed by atoms with van der Waals surface area (Å²) in [5, 5.41) is 1.58. The molecule has 0 saturated heterocycles. The number of hydrogen-bond donors (Lipinski definition) is 0. The Morgan fingerprint density at radius 1 is 0.857 bits per heavy atom. The van der Waals surface area contributed by atoms with Gasteiger partial charge in [0.1, 0.15) is 0 Å². The van der Waals surface area contributed by atoms with Gasteiger partial charge in [-0.15, -0.1) is 0 Å². The van der Waals surface area contributed by atoms with Gasteiger partial charge < -0.3 is 0 Å². The first kappa shape index (κ1) is 12.3. The molecule has 0 amide bonds. The van der Waals surface area contributed by atoms with E-state index in [9.17, 15) is 0 Å². The summed E-state index contributed by atoms with van der Waals surface area (Å²) in [7, 11) is -1.09. The normalized spacial score (nSPS) is 13.0. The van der Waals surface area contributed by atoms with Crippen molar-refractivity contribution < 1.29 is 0 Å². The van der Waals surface area contributed by atoms with Crippen molar-refractivity contribution in [1.29, 1.82) is 0 Å². The molecule has 0 radical (unpaired) electrons. The van der Waals surface area contributed by atoms with Gasteiger partial charge in [-0.2, -0.15) is 0 Å². The van der Waals surface area contributed by atoms with E-state index >= 15 is 0 Å². The van der Waals surface area contributed by atoms with Crippen LogP contribution in [0.1, 0.15) is 0 Å². The van der Waals surface area contributed by atoms with Crippen molar-refractivity contribution in [1.82, 2.24) is 0 Å². The van der Waals surface area contributed by atoms with Gasteiger partial charge in [0.15, 0.2) is 0 Å². The fourth-order valence-corrected chi connectivity index (χ4v) is 5.97. The third-order valence-corrected chi connectivity index (χ3v) is 10.6. The summed E-state index contributed by atoms with van der Waals surface area (Å²) in [5.41, 5.74) is 0. The molecular formula is C12H22SiSn. The third kappa shape index (κ3) is 3.12. The summed E-state index contributed by atoms with van der Waals surface area (Å²) in [6.45, 7) is 7.22. The Bertz CT molecular complexity index is 268. The molecular weight excluding hydrogens is 291 g/mol. The molecule has 0 saturated carbocycles. The van der Waals surface area contributed by atoms with E-state index in [2.05, 4.69) is 58.7 Å². The molecule has 0 atom stereocenters. The number of rotatable bonds is 2. The predicted molar refractivity (Wildman–Crippen MR) is 72.4 cm³/mol. The fraction of sp³-hybridized carbons (Fsp3) is 0.500. The zero-order valence-corrected chi connectivity index (χ0v) is 14.2. The van der Waals surface area contributed by atoms with Crippen molar-refractivity contribution in [3.63, 3.8) is 0 Å². The van der Waals surface area contributed by atoms with E-state index in [1.165, 1.54) is 0 Å². The summed E-state index contributed by atoms with van der Waals surface area (Å²) >= 11 is -1.80. The first-order valence-corrected chi connectivity index (χ1v) is 18.8. The predicted octanol–water partition coefficient (Wildman–Crippen LogP) is 2.78. The van der Waals surface area contributed by atoms with Gasteiger partial charge in [0.05, 0.1) is 0 Å². The van der Waals surface area contributed by atoms with E-state index in [1.807, 2.05) is 0 Å². The maximum atomic E-state index is 2.47. The van der Waals surface area contributed by atoms with Gasteiger partial charge in [0, 0.05) is 0 Å². The molecule has 14 heavy (non-hydrogen) atoms. The molecule has 0 aliphatic heterocycles. The van der Waals surface area contributed by atoms with Crippen LogP contribution in [0.3, 0.4) is 0 Å². The third-order valence-electron chi connectivity index (χ3n) is 2.62. The Balaban J connectivity index is 3.02. The zero-order chi connectivity index (χ0) is 11.0. The first-order valence-electron chi connectivity index (χ1n) is 5.32. The maximum absolute atomic E-state index is 2.47. The molecule has 1 aromatic carbocycles.